The smallest absolute Gasteiger partial charge is 0.130 e. The van der Waals surface area contributed by atoms with Crippen molar-refractivity contribution in [1.29, 1.82) is 0 Å². The van der Waals surface area contributed by atoms with Gasteiger partial charge in [0.05, 0.1) is 0 Å². The second-order valence-electron chi connectivity index (χ2n) is 5.81. The van der Waals surface area contributed by atoms with Crippen LogP contribution in [-0.2, 0) is 0 Å². The lowest BCUT2D eigenvalue weighted by Gasteiger charge is -2.28. The number of halogens is 2. The van der Waals surface area contributed by atoms with Crippen molar-refractivity contribution in [1.82, 2.24) is 10.6 Å². The maximum Gasteiger partial charge on any atom is 0.130 e. The molecule has 1 aromatic rings. The van der Waals surface area contributed by atoms with Crippen molar-refractivity contribution in [2.24, 2.45) is 0 Å². The second-order valence-corrected chi connectivity index (χ2v) is 5.81. The molecule has 1 saturated heterocycles. The van der Waals surface area contributed by atoms with E-state index in [1.165, 1.54) is 37.5 Å². The SMILES string of the molecule is CC(CC1CCCCN1)NC(C)c1c(F)cccc1F. The second kappa shape index (κ2) is 7.14. The van der Waals surface area contributed by atoms with Gasteiger partial charge in [-0.2, -0.15) is 0 Å². The van der Waals surface area contributed by atoms with Crippen LogP contribution in [0.5, 0.6) is 0 Å². The Balaban J connectivity index is 1.91. The third-order valence-electron chi connectivity index (χ3n) is 4.02. The van der Waals surface area contributed by atoms with Crippen molar-refractivity contribution in [3.8, 4) is 0 Å². The van der Waals surface area contributed by atoms with Crippen molar-refractivity contribution in [2.75, 3.05) is 6.54 Å². The van der Waals surface area contributed by atoms with Gasteiger partial charge in [-0.25, -0.2) is 8.78 Å². The Morgan fingerprint density at radius 2 is 1.95 bits per heavy atom. The van der Waals surface area contributed by atoms with Crippen molar-refractivity contribution in [2.45, 2.75) is 57.7 Å². The van der Waals surface area contributed by atoms with E-state index in [0.717, 1.165) is 13.0 Å². The normalized spacial score (nSPS) is 22.5. The maximum atomic E-state index is 13.7. The minimum Gasteiger partial charge on any atom is -0.314 e. The van der Waals surface area contributed by atoms with Crippen LogP contribution in [0, 0.1) is 11.6 Å². The Morgan fingerprint density at radius 3 is 2.55 bits per heavy atom. The molecule has 1 aromatic carbocycles. The predicted octanol–water partition coefficient (Wildman–Crippen LogP) is 3.54. The molecular weight excluding hydrogens is 258 g/mol. The molecule has 0 amide bonds. The van der Waals surface area contributed by atoms with Gasteiger partial charge in [-0.1, -0.05) is 12.5 Å². The van der Waals surface area contributed by atoms with Gasteiger partial charge < -0.3 is 10.6 Å². The number of hydrogen-bond acceptors (Lipinski definition) is 2. The Kier molecular flexibility index (Phi) is 5.49. The molecule has 0 aromatic heterocycles. The number of benzene rings is 1. The summed E-state index contributed by atoms with van der Waals surface area (Å²) in [7, 11) is 0. The standard InChI is InChI=1S/C16H24F2N2/c1-11(10-13-6-3-4-9-19-13)20-12(2)16-14(17)7-5-8-15(16)18/h5,7-8,11-13,19-20H,3-4,6,9-10H2,1-2H3. The van der Waals surface area contributed by atoms with E-state index in [4.69, 9.17) is 0 Å². The van der Waals surface area contributed by atoms with Crippen molar-refractivity contribution in [3.05, 3.63) is 35.4 Å². The van der Waals surface area contributed by atoms with Gasteiger partial charge in [0.2, 0.25) is 0 Å². The number of piperidine rings is 1. The van der Waals surface area contributed by atoms with E-state index in [1.807, 2.05) is 6.92 Å². The van der Waals surface area contributed by atoms with Crippen LogP contribution in [0.25, 0.3) is 0 Å². The van der Waals surface area contributed by atoms with E-state index in [2.05, 4.69) is 17.6 Å². The zero-order valence-electron chi connectivity index (χ0n) is 12.3. The Labute approximate surface area is 120 Å². The molecule has 4 heteroatoms. The summed E-state index contributed by atoms with van der Waals surface area (Å²) < 4.78 is 27.4. The van der Waals surface area contributed by atoms with E-state index in [-0.39, 0.29) is 17.6 Å². The molecule has 112 valence electrons. The number of rotatable bonds is 5. The van der Waals surface area contributed by atoms with Crippen LogP contribution in [0.2, 0.25) is 0 Å². The molecule has 20 heavy (non-hydrogen) atoms. The quantitative estimate of drug-likeness (QED) is 0.863. The first kappa shape index (κ1) is 15.4. The summed E-state index contributed by atoms with van der Waals surface area (Å²) in [6, 6.07) is 4.43. The molecule has 3 atom stereocenters. The number of nitrogens with one attached hydrogen (secondary N) is 2. The van der Waals surface area contributed by atoms with Crippen LogP contribution in [0.3, 0.4) is 0 Å². The Bertz CT molecular complexity index is 410. The van der Waals surface area contributed by atoms with Gasteiger partial charge in [-0.3, -0.25) is 0 Å². The third-order valence-corrected chi connectivity index (χ3v) is 4.02. The molecule has 1 aliphatic rings. The summed E-state index contributed by atoms with van der Waals surface area (Å²) in [4.78, 5) is 0. The van der Waals surface area contributed by atoms with Gasteiger partial charge in [-0.05, 0) is 51.8 Å². The lowest BCUT2D eigenvalue weighted by atomic mass is 9.97. The molecular formula is C16H24F2N2. The van der Waals surface area contributed by atoms with Gasteiger partial charge >= 0.3 is 0 Å². The molecule has 3 unspecified atom stereocenters. The summed E-state index contributed by atoms with van der Waals surface area (Å²) in [5.41, 5.74) is 0.135. The molecule has 1 fully saturated rings. The summed E-state index contributed by atoms with van der Waals surface area (Å²) >= 11 is 0. The van der Waals surface area contributed by atoms with E-state index in [1.54, 1.807) is 0 Å². The minimum absolute atomic E-state index is 0.135. The molecule has 0 spiro atoms. The topological polar surface area (TPSA) is 24.1 Å². The molecule has 2 rings (SSSR count). The molecule has 1 aliphatic heterocycles. The van der Waals surface area contributed by atoms with Gasteiger partial charge in [-0.15, -0.1) is 0 Å². The summed E-state index contributed by atoms with van der Waals surface area (Å²) in [5, 5.41) is 6.80. The fraction of sp³-hybridized carbons (Fsp3) is 0.625. The van der Waals surface area contributed by atoms with Crippen LogP contribution < -0.4 is 10.6 Å². The average Bonchev–Trinajstić information content (AvgIpc) is 2.39. The van der Waals surface area contributed by atoms with Crippen molar-refractivity contribution >= 4 is 0 Å². The van der Waals surface area contributed by atoms with E-state index in [0.29, 0.717) is 6.04 Å². The fourth-order valence-electron chi connectivity index (χ4n) is 3.05. The molecule has 2 nitrogen and oxygen atoms in total. The highest BCUT2D eigenvalue weighted by Gasteiger charge is 2.20. The number of hydrogen-bond donors (Lipinski definition) is 2. The maximum absolute atomic E-state index is 13.7. The highest BCUT2D eigenvalue weighted by molar-refractivity contribution is 5.22. The molecule has 0 radical (unpaired) electrons. The molecule has 0 bridgehead atoms. The molecule has 2 N–H and O–H groups in total. The van der Waals surface area contributed by atoms with Crippen LogP contribution >= 0.6 is 0 Å². The first-order chi connectivity index (χ1) is 9.58. The van der Waals surface area contributed by atoms with Crippen LogP contribution in [0.15, 0.2) is 18.2 Å². The largest absolute Gasteiger partial charge is 0.314 e. The third kappa shape index (κ3) is 4.00. The van der Waals surface area contributed by atoms with E-state index >= 15 is 0 Å². The predicted molar refractivity (Wildman–Crippen MR) is 77.6 cm³/mol. The highest BCUT2D eigenvalue weighted by Crippen LogP contribution is 2.21. The van der Waals surface area contributed by atoms with E-state index < -0.39 is 11.6 Å². The van der Waals surface area contributed by atoms with Crippen LogP contribution in [0.4, 0.5) is 8.78 Å². The summed E-state index contributed by atoms with van der Waals surface area (Å²) in [6.07, 6.45) is 4.69. The van der Waals surface area contributed by atoms with Gasteiger partial charge in [0.1, 0.15) is 11.6 Å². The van der Waals surface area contributed by atoms with Gasteiger partial charge in [0.25, 0.3) is 0 Å². The first-order valence-corrected chi connectivity index (χ1v) is 7.51. The molecule has 0 saturated carbocycles. The van der Waals surface area contributed by atoms with Crippen molar-refractivity contribution < 1.29 is 8.78 Å². The minimum atomic E-state index is -0.479. The highest BCUT2D eigenvalue weighted by atomic mass is 19.1. The zero-order valence-corrected chi connectivity index (χ0v) is 12.3. The average molecular weight is 282 g/mol. The van der Waals surface area contributed by atoms with Crippen LogP contribution in [0.1, 0.15) is 51.1 Å². The van der Waals surface area contributed by atoms with Crippen molar-refractivity contribution in [3.63, 3.8) is 0 Å². The Hall–Kier alpha value is -1.00. The van der Waals surface area contributed by atoms with Gasteiger partial charge in [0, 0.05) is 23.7 Å². The van der Waals surface area contributed by atoms with E-state index in [9.17, 15) is 8.78 Å². The molecule has 1 heterocycles. The molecule has 0 aliphatic carbocycles. The lowest BCUT2D eigenvalue weighted by molar-refractivity contribution is 0.330. The summed E-state index contributed by atoms with van der Waals surface area (Å²) in [5.74, 6) is -0.957. The van der Waals surface area contributed by atoms with Crippen LogP contribution in [-0.4, -0.2) is 18.6 Å². The monoisotopic (exact) mass is 282 g/mol. The van der Waals surface area contributed by atoms with Gasteiger partial charge in [0.15, 0.2) is 0 Å². The lowest BCUT2D eigenvalue weighted by Crippen LogP contribution is -2.40. The Morgan fingerprint density at radius 1 is 1.25 bits per heavy atom. The first-order valence-electron chi connectivity index (χ1n) is 7.51. The fourth-order valence-corrected chi connectivity index (χ4v) is 3.05. The summed E-state index contributed by atoms with van der Waals surface area (Å²) in [6.45, 7) is 4.96. The zero-order chi connectivity index (χ0) is 14.5.